The summed E-state index contributed by atoms with van der Waals surface area (Å²) < 4.78 is 0. The van der Waals surface area contributed by atoms with E-state index in [0.717, 1.165) is 56.7 Å². The van der Waals surface area contributed by atoms with Crippen LogP contribution in [0, 0.1) is 0 Å². The molecular formula is C36H47Cl2N7O4. The summed E-state index contributed by atoms with van der Waals surface area (Å²) >= 11 is 12.4. The number of hydrogen-bond acceptors (Lipinski definition) is 7. The minimum Gasteiger partial charge on any atom is -0.396 e. The molecule has 0 aromatic heterocycles. The summed E-state index contributed by atoms with van der Waals surface area (Å²) in [6.07, 6.45) is 7.55. The topological polar surface area (TPSA) is 131 Å². The molecular weight excluding hydrogens is 665 g/mol. The van der Waals surface area contributed by atoms with Crippen LogP contribution in [0.2, 0.25) is 10.0 Å². The van der Waals surface area contributed by atoms with Gasteiger partial charge in [-0.2, -0.15) is 0 Å². The number of anilines is 2. The summed E-state index contributed by atoms with van der Waals surface area (Å²) in [5, 5.41) is 6.24. The number of halogens is 2. The normalized spacial score (nSPS) is 20.7. The number of Topliss-reactive ketones (excluding diaryl/α,β-unsaturated/α-hetero) is 1. The molecule has 4 amide bonds. The Labute approximate surface area is 298 Å². The number of likely N-dealkylation sites (tertiary alicyclic amines) is 3. The molecule has 6 rings (SSSR count). The number of benzene rings is 2. The Kier molecular flexibility index (Phi) is 11.6. The number of hydrogen-bond donors (Lipinski definition) is 3. The lowest BCUT2D eigenvalue weighted by atomic mass is 9.99. The quantitative estimate of drug-likeness (QED) is 0.255. The summed E-state index contributed by atoms with van der Waals surface area (Å²) in [5.41, 5.74) is 8.22. The average Bonchev–Trinajstić information content (AvgIpc) is 3.28. The predicted octanol–water partition coefficient (Wildman–Crippen LogP) is 4.66. The van der Waals surface area contributed by atoms with Gasteiger partial charge in [0.2, 0.25) is 11.8 Å². The van der Waals surface area contributed by atoms with E-state index in [-0.39, 0.29) is 63.9 Å². The van der Waals surface area contributed by atoms with Crippen molar-refractivity contribution < 1.29 is 19.2 Å². The Morgan fingerprint density at radius 2 is 1.53 bits per heavy atom. The molecule has 0 aliphatic carbocycles. The van der Waals surface area contributed by atoms with Crippen LogP contribution < -0.4 is 16.4 Å². The van der Waals surface area contributed by atoms with Crippen LogP contribution in [-0.4, -0.2) is 114 Å². The lowest BCUT2D eigenvalue weighted by Crippen LogP contribution is -2.56. The second-order valence-corrected chi connectivity index (χ2v) is 14.6. The fraction of sp³-hybridized carbons (Fsp3) is 0.556. The van der Waals surface area contributed by atoms with Crippen molar-refractivity contribution in [2.24, 2.45) is 0 Å². The molecule has 2 aromatic carbocycles. The van der Waals surface area contributed by atoms with Gasteiger partial charge in [-0.05, 0) is 81.8 Å². The molecule has 0 spiro atoms. The molecule has 3 saturated heterocycles. The fourth-order valence-corrected chi connectivity index (χ4v) is 8.26. The molecule has 1 atom stereocenters. The van der Waals surface area contributed by atoms with E-state index in [4.69, 9.17) is 28.9 Å². The van der Waals surface area contributed by atoms with Crippen molar-refractivity contribution in [2.45, 2.75) is 75.9 Å². The Bertz CT molecular complexity index is 1510. The molecule has 2 aromatic rings. The first-order chi connectivity index (χ1) is 23.7. The monoisotopic (exact) mass is 711 g/mol. The zero-order valence-corrected chi connectivity index (χ0v) is 29.5. The van der Waals surface area contributed by atoms with Crippen LogP contribution in [0.5, 0.6) is 0 Å². The molecule has 1 unspecified atom stereocenters. The van der Waals surface area contributed by atoms with Crippen molar-refractivity contribution in [3.63, 3.8) is 0 Å². The first-order valence-corrected chi connectivity index (χ1v) is 18.4. The molecule has 4 aliphatic heterocycles. The molecule has 264 valence electrons. The van der Waals surface area contributed by atoms with Crippen molar-refractivity contribution in [3.8, 4) is 0 Å². The number of nitrogen functional groups attached to an aromatic ring is 1. The van der Waals surface area contributed by atoms with Crippen LogP contribution in [0.4, 0.5) is 16.2 Å². The first kappa shape index (κ1) is 35.4. The molecule has 49 heavy (non-hydrogen) atoms. The van der Waals surface area contributed by atoms with E-state index in [1.807, 2.05) is 29.2 Å². The minimum absolute atomic E-state index is 0.0278. The van der Waals surface area contributed by atoms with E-state index in [0.29, 0.717) is 38.5 Å². The third-order valence-electron chi connectivity index (χ3n) is 10.6. The Balaban J connectivity index is 1.08. The van der Waals surface area contributed by atoms with E-state index in [1.165, 1.54) is 31.4 Å². The summed E-state index contributed by atoms with van der Waals surface area (Å²) in [6, 6.07) is 10.0. The number of carbonyl (C=O) groups excluding carboxylic acids is 4. The number of amides is 4. The number of rotatable bonds is 9. The number of ketones is 1. The van der Waals surface area contributed by atoms with Gasteiger partial charge in [0.05, 0.1) is 22.3 Å². The van der Waals surface area contributed by atoms with Crippen molar-refractivity contribution in [3.05, 3.63) is 57.6 Å². The highest BCUT2D eigenvalue weighted by atomic mass is 35.5. The maximum atomic E-state index is 14.0. The van der Waals surface area contributed by atoms with E-state index in [1.54, 1.807) is 4.90 Å². The molecule has 3 fully saturated rings. The average molecular weight is 713 g/mol. The van der Waals surface area contributed by atoms with Gasteiger partial charge >= 0.3 is 6.03 Å². The molecule has 4 N–H and O–H groups in total. The van der Waals surface area contributed by atoms with Crippen molar-refractivity contribution in [1.29, 1.82) is 0 Å². The number of nitrogens with zero attached hydrogens (tertiary/aromatic N) is 4. The highest BCUT2D eigenvalue weighted by Crippen LogP contribution is 2.30. The van der Waals surface area contributed by atoms with Gasteiger partial charge in [-0.1, -0.05) is 47.8 Å². The van der Waals surface area contributed by atoms with Crippen LogP contribution in [0.15, 0.2) is 36.4 Å². The number of nitrogens with two attached hydrogens (primary N) is 1. The zero-order chi connectivity index (χ0) is 34.5. The lowest BCUT2D eigenvalue weighted by Gasteiger charge is -2.40. The number of fused-ring (bicyclic) bond motifs is 1. The molecule has 4 heterocycles. The number of para-hydroxylation sites is 1. The molecule has 0 saturated carbocycles. The fourth-order valence-electron chi connectivity index (χ4n) is 7.77. The number of urea groups is 1. The van der Waals surface area contributed by atoms with Crippen LogP contribution in [0.25, 0.3) is 0 Å². The predicted molar refractivity (Wildman–Crippen MR) is 192 cm³/mol. The van der Waals surface area contributed by atoms with Gasteiger partial charge < -0.3 is 31.1 Å². The first-order valence-electron chi connectivity index (χ1n) is 17.6. The second kappa shape index (κ2) is 16.1. The molecule has 4 aliphatic rings. The highest BCUT2D eigenvalue weighted by molar-refractivity contribution is 6.39. The maximum Gasteiger partial charge on any atom is 0.322 e. The standard InChI is InChI=1S/C36H47Cl2N7O4/c37-28-20-25(21-29(38)34(28)39)32(46)22-31(40-33(47)23-42-15-9-26(10-16-42)43-13-4-1-5-14-43)35(48)44-17-11-27(12-18-44)45-19-8-24-6-2-3-7-30(24)41-36(45)49/h2-3,6-7,20-21,26-27,31H,1,4-5,8-19,22-23,39H2,(H,40,47)(H,41,49). The third-order valence-corrected chi connectivity index (χ3v) is 11.2. The minimum atomic E-state index is -1.06. The molecule has 11 nitrogen and oxygen atoms in total. The SMILES string of the molecule is Nc1c(Cl)cc(C(=O)CC(NC(=O)CN2CCC(N3CCCCC3)CC2)C(=O)N2CCC(N3CCc4ccccc4NC3=O)CC2)cc1Cl. The van der Waals surface area contributed by atoms with Crippen LogP contribution in [0.3, 0.4) is 0 Å². The van der Waals surface area contributed by atoms with Gasteiger partial charge in [0, 0.05) is 62.5 Å². The Morgan fingerprint density at radius 1 is 0.878 bits per heavy atom. The van der Waals surface area contributed by atoms with Crippen LogP contribution >= 0.6 is 23.2 Å². The summed E-state index contributed by atoms with van der Waals surface area (Å²) in [6.45, 7) is 5.52. The van der Waals surface area contributed by atoms with Crippen molar-refractivity contribution >= 4 is 58.2 Å². The smallest absolute Gasteiger partial charge is 0.322 e. The second-order valence-electron chi connectivity index (χ2n) is 13.8. The van der Waals surface area contributed by atoms with Crippen LogP contribution in [-0.2, 0) is 16.0 Å². The third kappa shape index (κ3) is 8.68. The van der Waals surface area contributed by atoms with Crippen molar-refractivity contribution in [2.75, 3.05) is 63.4 Å². The van der Waals surface area contributed by atoms with Gasteiger partial charge in [-0.15, -0.1) is 0 Å². The number of piperidine rings is 3. The number of carbonyl (C=O) groups is 4. The number of nitrogens with one attached hydrogen (secondary N) is 2. The summed E-state index contributed by atoms with van der Waals surface area (Å²) in [7, 11) is 0. The highest BCUT2D eigenvalue weighted by Gasteiger charge is 2.35. The van der Waals surface area contributed by atoms with E-state index >= 15 is 0 Å². The summed E-state index contributed by atoms with van der Waals surface area (Å²) in [5.74, 6) is -0.976. The molecule has 13 heteroatoms. The van der Waals surface area contributed by atoms with Crippen molar-refractivity contribution in [1.82, 2.24) is 24.9 Å². The van der Waals surface area contributed by atoms with Gasteiger partial charge in [0.15, 0.2) is 5.78 Å². The van der Waals surface area contributed by atoms with Gasteiger partial charge in [-0.3, -0.25) is 19.3 Å². The summed E-state index contributed by atoms with van der Waals surface area (Å²) in [4.78, 5) is 62.4. The van der Waals surface area contributed by atoms with Gasteiger partial charge in [0.1, 0.15) is 6.04 Å². The van der Waals surface area contributed by atoms with Crippen LogP contribution in [0.1, 0.15) is 67.3 Å². The van der Waals surface area contributed by atoms with E-state index in [2.05, 4.69) is 20.4 Å². The molecule has 0 bridgehead atoms. The Morgan fingerprint density at radius 3 is 2.22 bits per heavy atom. The van der Waals surface area contributed by atoms with E-state index < -0.39 is 6.04 Å². The van der Waals surface area contributed by atoms with Gasteiger partial charge in [-0.25, -0.2) is 4.79 Å². The Hall–Kier alpha value is -3.38. The zero-order valence-electron chi connectivity index (χ0n) is 28.0. The maximum absolute atomic E-state index is 14.0. The largest absolute Gasteiger partial charge is 0.396 e. The molecule has 0 radical (unpaired) electrons. The van der Waals surface area contributed by atoms with Gasteiger partial charge in [0.25, 0.3) is 0 Å². The van der Waals surface area contributed by atoms with E-state index in [9.17, 15) is 19.2 Å². The lowest BCUT2D eigenvalue weighted by molar-refractivity contribution is -0.138.